The molecule has 0 saturated carbocycles. The molecule has 6 nitrogen and oxygen atoms in total. The minimum atomic E-state index is -0.646. The lowest BCUT2D eigenvalue weighted by molar-refractivity contribution is -0.122. The number of carbonyl (C=O) groups excluding carboxylic acids is 2. The maximum Gasteiger partial charge on any atom is 0.253 e. The van der Waals surface area contributed by atoms with Gasteiger partial charge < -0.3 is 21.5 Å². The first kappa shape index (κ1) is 13.9. The van der Waals surface area contributed by atoms with E-state index in [9.17, 15) is 14.0 Å². The van der Waals surface area contributed by atoms with Crippen molar-refractivity contribution in [1.82, 2.24) is 5.32 Å². The van der Waals surface area contributed by atoms with E-state index in [-0.39, 0.29) is 31.0 Å². The van der Waals surface area contributed by atoms with E-state index in [4.69, 9.17) is 16.2 Å². The zero-order valence-electron chi connectivity index (χ0n) is 9.61. The van der Waals surface area contributed by atoms with Gasteiger partial charge in [-0.25, -0.2) is 4.39 Å². The number of primary amides is 1. The summed E-state index contributed by atoms with van der Waals surface area (Å²) in [6.45, 7) is 0.0872. The van der Waals surface area contributed by atoms with Gasteiger partial charge in [-0.15, -0.1) is 0 Å². The quantitative estimate of drug-likeness (QED) is 0.476. The van der Waals surface area contributed by atoms with Crippen LogP contribution in [-0.4, -0.2) is 31.6 Å². The van der Waals surface area contributed by atoms with Crippen molar-refractivity contribution in [2.24, 2.45) is 5.73 Å². The van der Waals surface area contributed by atoms with Gasteiger partial charge >= 0.3 is 0 Å². The summed E-state index contributed by atoms with van der Waals surface area (Å²) in [7, 11) is 0. The van der Waals surface area contributed by atoms with Gasteiger partial charge in [-0.3, -0.25) is 9.59 Å². The Morgan fingerprint density at radius 2 is 2.11 bits per heavy atom. The third-order valence-electron chi connectivity index (χ3n) is 2.07. The van der Waals surface area contributed by atoms with Crippen LogP contribution in [0.5, 0.6) is 0 Å². The molecule has 0 atom stereocenters. The maximum atomic E-state index is 13.1. The van der Waals surface area contributed by atoms with Gasteiger partial charge in [-0.2, -0.15) is 0 Å². The summed E-state index contributed by atoms with van der Waals surface area (Å²) in [6, 6.07) is 3.98. The molecule has 5 N–H and O–H groups in total. The number of para-hydroxylation sites is 1. The number of amides is 2. The summed E-state index contributed by atoms with van der Waals surface area (Å²) < 4.78 is 17.9. The van der Waals surface area contributed by atoms with E-state index >= 15 is 0 Å². The number of nitrogens with one attached hydrogen (secondary N) is 1. The van der Waals surface area contributed by atoms with E-state index in [0.29, 0.717) is 0 Å². The second kappa shape index (κ2) is 6.55. The van der Waals surface area contributed by atoms with Crippen LogP contribution in [0, 0.1) is 5.82 Å². The number of benzene rings is 1. The molecular formula is C11H14FN3O3. The van der Waals surface area contributed by atoms with Crippen molar-refractivity contribution in [3.8, 4) is 0 Å². The Labute approximate surface area is 103 Å². The van der Waals surface area contributed by atoms with Gasteiger partial charge in [0.2, 0.25) is 5.91 Å². The molecule has 0 aromatic heterocycles. The highest BCUT2D eigenvalue weighted by Crippen LogP contribution is 2.15. The lowest BCUT2D eigenvalue weighted by atomic mass is 10.1. The molecule has 0 bridgehead atoms. The smallest absolute Gasteiger partial charge is 0.253 e. The van der Waals surface area contributed by atoms with E-state index in [1.165, 1.54) is 18.2 Å². The Kier molecular flexibility index (Phi) is 5.06. The summed E-state index contributed by atoms with van der Waals surface area (Å²) in [4.78, 5) is 22.0. The standard InChI is InChI=1S/C11H14FN3O3/c12-8-3-1-2-7(10(8)14)11(17)15-4-5-18-6-9(13)16/h1-3H,4-6,14H2,(H2,13,16)(H,15,17). The lowest BCUT2D eigenvalue weighted by Crippen LogP contribution is -2.29. The zero-order chi connectivity index (χ0) is 13.5. The molecule has 0 saturated heterocycles. The van der Waals surface area contributed by atoms with Gasteiger partial charge in [0.15, 0.2) is 0 Å². The molecule has 18 heavy (non-hydrogen) atoms. The number of nitrogen functional groups attached to an aromatic ring is 1. The van der Waals surface area contributed by atoms with Gasteiger partial charge in [0.1, 0.15) is 12.4 Å². The highest BCUT2D eigenvalue weighted by Gasteiger charge is 2.11. The van der Waals surface area contributed by atoms with E-state index in [0.717, 1.165) is 0 Å². The molecule has 2 amide bonds. The van der Waals surface area contributed by atoms with Crippen LogP contribution in [0.1, 0.15) is 10.4 Å². The Hall–Kier alpha value is -2.15. The van der Waals surface area contributed by atoms with Crippen LogP contribution in [0.25, 0.3) is 0 Å². The van der Waals surface area contributed by atoms with E-state index < -0.39 is 17.6 Å². The largest absolute Gasteiger partial charge is 0.396 e. The Morgan fingerprint density at radius 1 is 1.39 bits per heavy atom. The average molecular weight is 255 g/mol. The van der Waals surface area contributed by atoms with Crippen LogP contribution in [0.2, 0.25) is 0 Å². The summed E-state index contributed by atoms with van der Waals surface area (Å²) in [6.07, 6.45) is 0. The fourth-order valence-electron chi connectivity index (χ4n) is 1.24. The molecule has 0 radical (unpaired) electrons. The maximum absolute atomic E-state index is 13.1. The van der Waals surface area contributed by atoms with Gasteiger partial charge in [-0.1, -0.05) is 6.07 Å². The third-order valence-corrected chi connectivity index (χ3v) is 2.07. The second-order valence-electron chi connectivity index (χ2n) is 3.48. The van der Waals surface area contributed by atoms with Crippen LogP contribution < -0.4 is 16.8 Å². The number of ether oxygens (including phenoxy) is 1. The Bertz CT molecular complexity index is 451. The first-order valence-corrected chi connectivity index (χ1v) is 5.20. The fraction of sp³-hybridized carbons (Fsp3) is 0.273. The molecule has 7 heteroatoms. The van der Waals surface area contributed by atoms with Crippen LogP contribution >= 0.6 is 0 Å². The summed E-state index contributed by atoms with van der Waals surface area (Å²) in [5.41, 5.74) is 10.1. The monoisotopic (exact) mass is 255 g/mol. The molecule has 0 heterocycles. The van der Waals surface area contributed by atoms with Crippen molar-refractivity contribution in [1.29, 1.82) is 0 Å². The molecule has 0 aliphatic heterocycles. The van der Waals surface area contributed by atoms with Gasteiger partial charge in [-0.05, 0) is 12.1 Å². The minimum Gasteiger partial charge on any atom is -0.396 e. The van der Waals surface area contributed by atoms with Crippen LogP contribution in [-0.2, 0) is 9.53 Å². The van der Waals surface area contributed by atoms with Crippen molar-refractivity contribution < 1.29 is 18.7 Å². The first-order valence-electron chi connectivity index (χ1n) is 5.20. The topological polar surface area (TPSA) is 107 Å². The molecule has 0 aliphatic carbocycles. The van der Waals surface area contributed by atoms with E-state index in [2.05, 4.69) is 5.32 Å². The lowest BCUT2D eigenvalue weighted by Gasteiger charge is -2.07. The predicted octanol–water partition coefficient (Wildman–Crippen LogP) is -0.360. The van der Waals surface area contributed by atoms with E-state index in [1.54, 1.807) is 0 Å². The van der Waals surface area contributed by atoms with Gasteiger partial charge in [0.25, 0.3) is 5.91 Å². The molecule has 0 unspecified atom stereocenters. The average Bonchev–Trinajstić information content (AvgIpc) is 2.31. The number of rotatable bonds is 6. The normalized spacial score (nSPS) is 10.1. The van der Waals surface area contributed by atoms with Gasteiger partial charge in [0, 0.05) is 6.54 Å². The number of hydrogen-bond acceptors (Lipinski definition) is 4. The number of anilines is 1. The number of carbonyl (C=O) groups is 2. The molecule has 0 spiro atoms. The van der Waals surface area contributed by atoms with Crippen molar-refractivity contribution in [3.63, 3.8) is 0 Å². The third kappa shape index (κ3) is 4.02. The molecule has 98 valence electrons. The molecule has 1 rings (SSSR count). The number of nitrogens with two attached hydrogens (primary N) is 2. The Balaban J connectivity index is 2.41. The SMILES string of the molecule is NC(=O)COCCNC(=O)c1cccc(F)c1N. The Morgan fingerprint density at radius 3 is 2.78 bits per heavy atom. The van der Waals surface area contributed by atoms with Gasteiger partial charge in [0.05, 0.1) is 17.9 Å². The van der Waals surface area contributed by atoms with Crippen molar-refractivity contribution in [2.75, 3.05) is 25.5 Å². The predicted molar refractivity (Wildman–Crippen MR) is 63.2 cm³/mol. The minimum absolute atomic E-state index is 0.0601. The summed E-state index contributed by atoms with van der Waals surface area (Å²) >= 11 is 0. The number of halogens is 1. The summed E-state index contributed by atoms with van der Waals surface area (Å²) in [5, 5.41) is 2.48. The van der Waals surface area contributed by atoms with Crippen LogP contribution in [0.4, 0.5) is 10.1 Å². The van der Waals surface area contributed by atoms with Crippen molar-refractivity contribution in [2.45, 2.75) is 0 Å². The zero-order valence-corrected chi connectivity index (χ0v) is 9.61. The van der Waals surface area contributed by atoms with Crippen LogP contribution in [0.15, 0.2) is 18.2 Å². The van der Waals surface area contributed by atoms with Crippen LogP contribution in [0.3, 0.4) is 0 Å². The van der Waals surface area contributed by atoms with Crippen molar-refractivity contribution >= 4 is 17.5 Å². The molecule has 0 fully saturated rings. The molecule has 0 aliphatic rings. The molecule has 1 aromatic carbocycles. The van der Waals surface area contributed by atoms with E-state index in [1.807, 2.05) is 0 Å². The van der Waals surface area contributed by atoms with Crippen molar-refractivity contribution in [3.05, 3.63) is 29.6 Å². The highest BCUT2D eigenvalue weighted by atomic mass is 19.1. The highest BCUT2D eigenvalue weighted by molar-refractivity contribution is 5.99. The first-order chi connectivity index (χ1) is 8.52. The molecule has 1 aromatic rings. The molecular weight excluding hydrogens is 241 g/mol. The number of hydrogen-bond donors (Lipinski definition) is 3. The fourth-order valence-corrected chi connectivity index (χ4v) is 1.24. The summed E-state index contributed by atoms with van der Waals surface area (Å²) in [5.74, 6) is -1.74. The second-order valence-corrected chi connectivity index (χ2v) is 3.48.